The molecule has 4 rings (SSSR count). The number of hydrogen-bond acceptors (Lipinski definition) is 5. The molecule has 7 nitrogen and oxygen atoms in total. The van der Waals surface area contributed by atoms with Crippen molar-refractivity contribution in [2.75, 3.05) is 19.6 Å². The lowest BCUT2D eigenvalue weighted by atomic mass is 10.0. The first-order valence-electron chi connectivity index (χ1n) is 11.8. The molecule has 180 valence electrons. The average molecular weight is 481 g/mol. The van der Waals surface area contributed by atoms with Crippen molar-refractivity contribution in [3.05, 3.63) is 76.9 Å². The zero-order valence-electron chi connectivity index (χ0n) is 19.8. The maximum absolute atomic E-state index is 12.8. The number of benzene rings is 2. The van der Waals surface area contributed by atoms with Gasteiger partial charge in [0.25, 0.3) is 10.0 Å². The van der Waals surface area contributed by atoms with Gasteiger partial charge in [0, 0.05) is 31.2 Å². The van der Waals surface area contributed by atoms with E-state index in [1.807, 2.05) is 32.0 Å². The summed E-state index contributed by atoms with van der Waals surface area (Å²) in [6.45, 7) is 6.52. The molecule has 1 amide bonds. The van der Waals surface area contributed by atoms with Gasteiger partial charge in [-0.1, -0.05) is 67.1 Å². The predicted octanol–water partition coefficient (Wildman–Crippen LogP) is 3.23. The van der Waals surface area contributed by atoms with Crippen molar-refractivity contribution in [2.45, 2.75) is 45.7 Å². The maximum atomic E-state index is 12.8. The van der Waals surface area contributed by atoms with Gasteiger partial charge in [0.1, 0.15) is 17.3 Å². The molecule has 34 heavy (non-hydrogen) atoms. The van der Waals surface area contributed by atoms with Crippen LogP contribution in [0.4, 0.5) is 0 Å². The summed E-state index contributed by atoms with van der Waals surface area (Å²) in [4.78, 5) is 19.6. The number of carbonyl (C=O) groups is 1. The maximum Gasteiger partial charge on any atom is 0.264 e. The fourth-order valence-electron chi connectivity index (χ4n) is 4.50. The van der Waals surface area contributed by atoms with E-state index in [0.29, 0.717) is 17.6 Å². The Hall–Kier alpha value is -2.97. The van der Waals surface area contributed by atoms with Crippen molar-refractivity contribution in [3.8, 4) is 0 Å². The van der Waals surface area contributed by atoms with Crippen LogP contribution in [0.15, 0.2) is 65.2 Å². The molecule has 0 atom stereocenters. The number of amidine groups is 1. The molecule has 2 heterocycles. The summed E-state index contributed by atoms with van der Waals surface area (Å²) in [5, 5.41) is 3.06. The van der Waals surface area contributed by atoms with Crippen molar-refractivity contribution < 1.29 is 13.2 Å². The predicted molar refractivity (Wildman–Crippen MR) is 136 cm³/mol. The first-order chi connectivity index (χ1) is 16.4. The number of hydrogen-bond donors (Lipinski definition) is 2. The average Bonchev–Trinajstić information content (AvgIpc) is 3.09. The van der Waals surface area contributed by atoms with E-state index in [2.05, 4.69) is 44.2 Å². The van der Waals surface area contributed by atoms with Gasteiger partial charge in [-0.25, -0.2) is 8.42 Å². The van der Waals surface area contributed by atoms with Gasteiger partial charge >= 0.3 is 0 Å². The number of nitrogens with zero attached hydrogens (tertiary/aromatic N) is 2. The standard InChI is InChI=1S/C26H32N4O3S/c1-3-23-25(21-11-9-19(2)10-12-21)34(32,33)29-26(23)27-17-24(31)28-22-13-15-30(16-14-22)18-20-7-5-4-6-8-20/h4-12,22H,3,13-18H2,1-2H3,(H,27,29)(H,28,31). The third-order valence-electron chi connectivity index (χ3n) is 6.31. The fraction of sp³-hybridized carbons (Fsp3) is 0.385. The van der Waals surface area contributed by atoms with Crippen molar-refractivity contribution >= 4 is 26.7 Å². The van der Waals surface area contributed by atoms with Crippen molar-refractivity contribution in [2.24, 2.45) is 4.99 Å². The molecule has 2 aromatic rings. The second-order valence-corrected chi connectivity index (χ2v) is 10.5. The molecule has 0 spiro atoms. The first-order valence-corrected chi connectivity index (χ1v) is 13.3. The molecule has 2 aliphatic rings. The number of piperidine rings is 1. The monoisotopic (exact) mass is 480 g/mol. The highest BCUT2D eigenvalue weighted by Crippen LogP contribution is 2.31. The van der Waals surface area contributed by atoms with Gasteiger partial charge in [0.05, 0.1) is 0 Å². The number of likely N-dealkylation sites (tertiary alicyclic amines) is 1. The van der Waals surface area contributed by atoms with Crippen molar-refractivity contribution in [1.29, 1.82) is 0 Å². The van der Waals surface area contributed by atoms with E-state index in [-0.39, 0.29) is 29.2 Å². The van der Waals surface area contributed by atoms with Crippen LogP contribution in [-0.4, -0.2) is 50.7 Å². The minimum atomic E-state index is -3.71. The van der Waals surface area contributed by atoms with E-state index in [4.69, 9.17) is 0 Å². The summed E-state index contributed by atoms with van der Waals surface area (Å²) >= 11 is 0. The molecule has 0 aromatic heterocycles. The number of carbonyl (C=O) groups excluding carboxylic acids is 1. The molecule has 0 aliphatic carbocycles. The summed E-state index contributed by atoms with van der Waals surface area (Å²) in [5.74, 6) is 0.0818. The SMILES string of the molecule is CCC1=C(c2ccc(C)cc2)S(=O)(=O)NC1=NCC(=O)NC1CCN(Cc2ccccc2)CC1. The lowest BCUT2D eigenvalue weighted by molar-refractivity contribution is -0.120. The number of aryl methyl sites for hydroxylation is 1. The molecule has 2 aromatic carbocycles. The highest BCUT2D eigenvalue weighted by atomic mass is 32.2. The topological polar surface area (TPSA) is 90.9 Å². The van der Waals surface area contributed by atoms with Crippen LogP contribution in [0.5, 0.6) is 0 Å². The lowest BCUT2D eigenvalue weighted by Gasteiger charge is -2.32. The van der Waals surface area contributed by atoms with Crippen LogP contribution in [0.25, 0.3) is 4.91 Å². The minimum absolute atomic E-state index is 0.104. The molecular weight excluding hydrogens is 448 g/mol. The summed E-state index contributed by atoms with van der Waals surface area (Å²) < 4.78 is 28.1. The molecule has 0 bridgehead atoms. The minimum Gasteiger partial charge on any atom is -0.352 e. The molecule has 1 fully saturated rings. The third-order valence-corrected chi connectivity index (χ3v) is 7.79. The van der Waals surface area contributed by atoms with Gasteiger partial charge in [0.15, 0.2) is 0 Å². The molecule has 1 saturated heterocycles. The fourth-order valence-corrected chi connectivity index (χ4v) is 6.06. The van der Waals surface area contributed by atoms with E-state index in [0.717, 1.165) is 38.0 Å². The Morgan fingerprint density at radius 2 is 1.76 bits per heavy atom. The quantitative estimate of drug-likeness (QED) is 0.637. The van der Waals surface area contributed by atoms with Crippen LogP contribution < -0.4 is 10.0 Å². The molecular formula is C26H32N4O3S. The number of rotatable bonds is 7. The van der Waals surface area contributed by atoms with Crippen molar-refractivity contribution in [3.63, 3.8) is 0 Å². The second-order valence-electron chi connectivity index (χ2n) is 8.90. The Kier molecular flexibility index (Phi) is 7.48. The Morgan fingerprint density at radius 1 is 1.09 bits per heavy atom. The van der Waals surface area contributed by atoms with Crippen LogP contribution in [0.1, 0.15) is 42.9 Å². The van der Waals surface area contributed by atoms with Gasteiger partial charge in [-0.3, -0.25) is 19.4 Å². The lowest BCUT2D eigenvalue weighted by Crippen LogP contribution is -2.45. The van der Waals surface area contributed by atoms with E-state index >= 15 is 0 Å². The first kappa shape index (κ1) is 24.2. The van der Waals surface area contributed by atoms with Crippen LogP contribution in [0, 0.1) is 6.92 Å². The number of nitrogens with one attached hydrogen (secondary N) is 2. The smallest absolute Gasteiger partial charge is 0.264 e. The number of aliphatic imine (C=N–C) groups is 1. The second kappa shape index (κ2) is 10.5. The number of amides is 1. The van der Waals surface area contributed by atoms with Crippen LogP contribution in [-0.2, 0) is 21.4 Å². The van der Waals surface area contributed by atoms with E-state index in [9.17, 15) is 13.2 Å². The third kappa shape index (κ3) is 5.74. The molecule has 2 aliphatic heterocycles. The molecule has 0 unspecified atom stereocenters. The van der Waals surface area contributed by atoms with Gasteiger partial charge in [-0.15, -0.1) is 0 Å². The van der Waals surface area contributed by atoms with Gasteiger partial charge in [0.2, 0.25) is 5.91 Å². The molecule has 0 saturated carbocycles. The molecule has 2 N–H and O–H groups in total. The Bertz CT molecular complexity index is 1180. The Morgan fingerprint density at radius 3 is 2.41 bits per heavy atom. The zero-order valence-corrected chi connectivity index (χ0v) is 20.6. The summed E-state index contributed by atoms with van der Waals surface area (Å²) in [6.07, 6.45) is 2.27. The van der Waals surface area contributed by atoms with Crippen LogP contribution in [0.2, 0.25) is 0 Å². The van der Waals surface area contributed by atoms with E-state index in [1.165, 1.54) is 5.56 Å². The van der Waals surface area contributed by atoms with Crippen molar-refractivity contribution in [1.82, 2.24) is 14.9 Å². The highest BCUT2D eigenvalue weighted by molar-refractivity contribution is 8.00. The zero-order chi connectivity index (χ0) is 24.1. The normalized spacial score (nSPS) is 19.9. The molecule has 8 heteroatoms. The highest BCUT2D eigenvalue weighted by Gasteiger charge is 2.34. The van der Waals surface area contributed by atoms with Gasteiger partial charge in [-0.05, 0) is 37.3 Å². The van der Waals surface area contributed by atoms with Crippen LogP contribution >= 0.6 is 0 Å². The van der Waals surface area contributed by atoms with Crippen LogP contribution in [0.3, 0.4) is 0 Å². The molecule has 0 radical (unpaired) electrons. The van der Waals surface area contributed by atoms with E-state index in [1.54, 1.807) is 12.1 Å². The van der Waals surface area contributed by atoms with E-state index < -0.39 is 10.0 Å². The summed E-state index contributed by atoms with van der Waals surface area (Å²) in [6, 6.07) is 17.9. The summed E-state index contributed by atoms with van der Waals surface area (Å²) in [5.41, 5.74) is 3.60. The largest absolute Gasteiger partial charge is 0.352 e. The summed E-state index contributed by atoms with van der Waals surface area (Å²) in [7, 11) is -3.71. The number of sulfonamides is 1. The van der Waals surface area contributed by atoms with Gasteiger partial charge in [-0.2, -0.15) is 0 Å². The Labute approximate surface area is 202 Å². The van der Waals surface area contributed by atoms with Gasteiger partial charge < -0.3 is 5.32 Å². The Balaban J connectivity index is 1.35.